The molecule has 31 heavy (non-hydrogen) atoms. The number of aryl methyl sites for hydroxylation is 1. The number of hydrogen-bond acceptors (Lipinski definition) is 4. The molecule has 158 valence electrons. The van der Waals surface area contributed by atoms with E-state index in [0.717, 1.165) is 28.3 Å². The normalized spacial score (nSPS) is 11.1. The molecular formula is C24H26N6O. The number of pyridine rings is 1. The van der Waals surface area contributed by atoms with Crippen molar-refractivity contribution in [3.63, 3.8) is 0 Å². The molecule has 0 unspecified atom stereocenters. The number of nitrogens with zero attached hydrogens (tertiary/aromatic N) is 5. The van der Waals surface area contributed by atoms with Gasteiger partial charge in [-0.1, -0.05) is 38.1 Å². The molecular weight excluding hydrogens is 388 g/mol. The summed E-state index contributed by atoms with van der Waals surface area (Å²) in [4.78, 5) is 17.4. The molecule has 0 atom stereocenters. The third-order valence-electron chi connectivity index (χ3n) is 5.33. The number of para-hydroxylation sites is 1. The molecule has 0 spiro atoms. The lowest BCUT2D eigenvalue weighted by Gasteiger charge is -2.12. The molecule has 0 aliphatic rings. The third-order valence-corrected chi connectivity index (χ3v) is 5.33. The van der Waals surface area contributed by atoms with Gasteiger partial charge in [0.25, 0.3) is 5.91 Å². The van der Waals surface area contributed by atoms with Gasteiger partial charge in [0, 0.05) is 24.0 Å². The van der Waals surface area contributed by atoms with E-state index in [2.05, 4.69) is 20.5 Å². The van der Waals surface area contributed by atoms with E-state index >= 15 is 0 Å². The molecule has 4 rings (SSSR count). The van der Waals surface area contributed by atoms with Gasteiger partial charge in [-0.3, -0.25) is 4.79 Å². The van der Waals surface area contributed by atoms with Crippen LogP contribution in [0.1, 0.15) is 52.8 Å². The van der Waals surface area contributed by atoms with Crippen LogP contribution in [-0.2, 0) is 6.54 Å². The number of amides is 1. The summed E-state index contributed by atoms with van der Waals surface area (Å²) >= 11 is 0. The quantitative estimate of drug-likeness (QED) is 0.515. The second-order valence-electron chi connectivity index (χ2n) is 7.78. The fourth-order valence-electron chi connectivity index (χ4n) is 3.77. The Morgan fingerprint density at radius 3 is 2.45 bits per heavy atom. The van der Waals surface area contributed by atoms with E-state index in [9.17, 15) is 4.79 Å². The monoisotopic (exact) mass is 414 g/mol. The SMILES string of the molecule is Cc1nn(-c2ccccc2)c(C)c1CNC(=O)c1cnn(-c2ccccn2)c1C(C)C. The van der Waals surface area contributed by atoms with Gasteiger partial charge in [0.05, 0.1) is 28.8 Å². The molecule has 0 radical (unpaired) electrons. The van der Waals surface area contributed by atoms with Crippen LogP contribution in [0.25, 0.3) is 11.5 Å². The van der Waals surface area contributed by atoms with Crippen molar-refractivity contribution in [1.29, 1.82) is 0 Å². The van der Waals surface area contributed by atoms with E-state index in [1.807, 2.05) is 80.9 Å². The average Bonchev–Trinajstić information content (AvgIpc) is 3.35. The summed E-state index contributed by atoms with van der Waals surface area (Å²) in [5.41, 5.74) is 5.32. The Labute approximate surface area is 181 Å². The number of carbonyl (C=O) groups excluding carboxylic acids is 1. The predicted molar refractivity (Wildman–Crippen MR) is 120 cm³/mol. The summed E-state index contributed by atoms with van der Waals surface area (Å²) in [5.74, 6) is 0.646. The fraction of sp³-hybridized carbons (Fsp3) is 0.250. The lowest BCUT2D eigenvalue weighted by Crippen LogP contribution is -2.24. The summed E-state index contributed by atoms with van der Waals surface area (Å²) in [7, 11) is 0. The highest BCUT2D eigenvalue weighted by molar-refractivity contribution is 5.95. The first-order chi connectivity index (χ1) is 15.0. The number of rotatable bonds is 6. The minimum Gasteiger partial charge on any atom is -0.348 e. The maximum Gasteiger partial charge on any atom is 0.255 e. The summed E-state index contributed by atoms with van der Waals surface area (Å²) in [5, 5.41) is 12.2. The number of hydrogen-bond donors (Lipinski definition) is 1. The molecule has 7 heteroatoms. The Kier molecular flexibility index (Phi) is 5.66. The van der Waals surface area contributed by atoms with E-state index in [1.165, 1.54) is 0 Å². The Morgan fingerprint density at radius 1 is 1.03 bits per heavy atom. The smallest absolute Gasteiger partial charge is 0.255 e. The summed E-state index contributed by atoms with van der Waals surface area (Å²) in [6.07, 6.45) is 3.34. The van der Waals surface area contributed by atoms with Crippen molar-refractivity contribution in [3.8, 4) is 11.5 Å². The van der Waals surface area contributed by atoms with Crippen molar-refractivity contribution in [1.82, 2.24) is 29.9 Å². The van der Waals surface area contributed by atoms with Crippen LogP contribution in [-0.4, -0.2) is 30.5 Å². The van der Waals surface area contributed by atoms with Crippen molar-refractivity contribution in [3.05, 3.63) is 89.1 Å². The van der Waals surface area contributed by atoms with Gasteiger partial charge >= 0.3 is 0 Å². The molecule has 1 N–H and O–H groups in total. The maximum atomic E-state index is 13.1. The summed E-state index contributed by atoms with van der Waals surface area (Å²) in [6.45, 7) is 8.48. The maximum absolute atomic E-state index is 13.1. The molecule has 0 saturated heterocycles. The van der Waals surface area contributed by atoms with E-state index in [-0.39, 0.29) is 11.8 Å². The predicted octanol–water partition coefficient (Wildman–Crippen LogP) is 4.12. The Hall–Kier alpha value is -3.74. The van der Waals surface area contributed by atoms with Gasteiger partial charge in [-0.05, 0) is 44.0 Å². The van der Waals surface area contributed by atoms with Crippen LogP contribution in [0.2, 0.25) is 0 Å². The first-order valence-corrected chi connectivity index (χ1v) is 10.4. The number of nitrogens with one attached hydrogen (secondary N) is 1. The Balaban J connectivity index is 1.58. The average molecular weight is 415 g/mol. The van der Waals surface area contributed by atoms with Crippen molar-refractivity contribution in [2.24, 2.45) is 0 Å². The second kappa shape index (κ2) is 8.55. The van der Waals surface area contributed by atoms with Crippen LogP contribution in [0.15, 0.2) is 60.9 Å². The van der Waals surface area contributed by atoms with Gasteiger partial charge in [0.1, 0.15) is 0 Å². The molecule has 0 aliphatic heterocycles. The highest BCUT2D eigenvalue weighted by Gasteiger charge is 2.22. The van der Waals surface area contributed by atoms with Crippen LogP contribution < -0.4 is 5.32 Å². The van der Waals surface area contributed by atoms with Crippen molar-refractivity contribution >= 4 is 5.91 Å². The Bertz CT molecular complexity index is 1190. The lowest BCUT2D eigenvalue weighted by atomic mass is 10.1. The standard InChI is InChI=1S/C24H26N6O/c1-16(2)23-21(15-27-30(23)22-12-8-9-13-25-22)24(31)26-14-20-17(3)28-29(18(20)4)19-10-6-5-7-11-19/h5-13,15-16H,14H2,1-4H3,(H,26,31). The molecule has 7 nitrogen and oxygen atoms in total. The van der Waals surface area contributed by atoms with E-state index < -0.39 is 0 Å². The molecule has 3 heterocycles. The van der Waals surface area contributed by atoms with Crippen LogP contribution in [0.4, 0.5) is 0 Å². The van der Waals surface area contributed by atoms with Gasteiger partial charge in [0.2, 0.25) is 0 Å². The van der Waals surface area contributed by atoms with Gasteiger partial charge in [-0.2, -0.15) is 10.2 Å². The van der Waals surface area contributed by atoms with Crippen LogP contribution in [0.3, 0.4) is 0 Å². The molecule has 1 aromatic carbocycles. The van der Waals surface area contributed by atoms with Gasteiger partial charge in [-0.15, -0.1) is 0 Å². The van der Waals surface area contributed by atoms with E-state index in [1.54, 1.807) is 17.1 Å². The largest absolute Gasteiger partial charge is 0.348 e. The third kappa shape index (κ3) is 3.99. The number of carbonyl (C=O) groups is 1. The van der Waals surface area contributed by atoms with Gasteiger partial charge in [0.15, 0.2) is 5.82 Å². The molecule has 0 bridgehead atoms. The van der Waals surface area contributed by atoms with Crippen LogP contribution >= 0.6 is 0 Å². The molecule has 0 aliphatic carbocycles. The summed E-state index contributed by atoms with van der Waals surface area (Å²) in [6, 6.07) is 15.6. The second-order valence-corrected chi connectivity index (χ2v) is 7.78. The zero-order valence-corrected chi connectivity index (χ0v) is 18.2. The minimum atomic E-state index is -0.155. The van der Waals surface area contributed by atoms with Crippen LogP contribution in [0, 0.1) is 13.8 Å². The van der Waals surface area contributed by atoms with Crippen LogP contribution in [0.5, 0.6) is 0 Å². The fourth-order valence-corrected chi connectivity index (χ4v) is 3.77. The molecule has 0 saturated carbocycles. The minimum absolute atomic E-state index is 0.106. The first-order valence-electron chi connectivity index (χ1n) is 10.4. The highest BCUT2D eigenvalue weighted by Crippen LogP contribution is 2.23. The van der Waals surface area contributed by atoms with E-state index in [4.69, 9.17) is 0 Å². The van der Waals surface area contributed by atoms with Crippen molar-refractivity contribution in [2.45, 2.75) is 40.2 Å². The topological polar surface area (TPSA) is 77.6 Å². The zero-order valence-electron chi connectivity index (χ0n) is 18.2. The first kappa shape index (κ1) is 20.5. The molecule has 3 aromatic heterocycles. The molecule has 1 amide bonds. The highest BCUT2D eigenvalue weighted by atomic mass is 16.1. The van der Waals surface area contributed by atoms with E-state index in [0.29, 0.717) is 17.9 Å². The van der Waals surface area contributed by atoms with Gasteiger partial charge in [-0.25, -0.2) is 14.3 Å². The van der Waals surface area contributed by atoms with Crippen molar-refractivity contribution in [2.75, 3.05) is 0 Å². The summed E-state index contributed by atoms with van der Waals surface area (Å²) < 4.78 is 3.65. The zero-order chi connectivity index (χ0) is 22.0. The molecule has 4 aromatic rings. The van der Waals surface area contributed by atoms with Crippen molar-refractivity contribution < 1.29 is 4.79 Å². The lowest BCUT2D eigenvalue weighted by molar-refractivity contribution is 0.0949. The number of benzene rings is 1. The molecule has 0 fully saturated rings. The number of aromatic nitrogens is 5. The Morgan fingerprint density at radius 2 is 1.77 bits per heavy atom. The van der Waals surface area contributed by atoms with Gasteiger partial charge < -0.3 is 5.32 Å².